The van der Waals surface area contributed by atoms with E-state index in [0.717, 1.165) is 38.5 Å². The molecule has 2 fully saturated rings. The maximum Gasteiger partial charge on any atom is 0.228 e. The zero-order valence-corrected chi connectivity index (χ0v) is 10.8. The van der Waals surface area contributed by atoms with E-state index in [1.165, 1.54) is 6.42 Å². The van der Waals surface area contributed by atoms with Crippen molar-refractivity contribution in [2.75, 3.05) is 26.2 Å². The number of carbonyl (C=O) groups is 1. The van der Waals surface area contributed by atoms with Gasteiger partial charge in [0.05, 0.1) is 0 Å². The van der Waals surface area contributed by atoms with Gasteiger partial charge in [0.2, 0.25) is 5.91 Å². The molecule has 0 aromatic rings. The van der Waals surface area contributed by atoms with E-state index in [2.05, 4.69) is 31.0 Å². The third-order valence-electron chi connectivity index (χ3n) is 4.45. The summed E-state index contributed by atoms with van der Waals surface area (Å²) in [6.45, 7) is 10.4. The summed E-state index contributed by atoms with van der Waals surface area (Å²) in [5.74, 6) is 1.86. The molecule has 3 nitrogen and oxygen atoms in total. The summed E-state index contributed by atoms with van der Waals surface area (Å²) in [5, 5.41) is 3.44. The predicted molar refractivity (Wildman–Crippen MR) is 65.1 cm³/mol. The number of likely N-dealkylation sites (tertiary alicyclic amines) is 1. The Morgan fingerprint density at radius 1 is 1.38 bits per heavy atom. The van der Waals surface area contributed by atoms with Crippen LogP contribution in [0.1, 0.15) is 33.6 Å². The lowest BCUT2D eigenvalue weighted by molar-refractivity contribution is -0.142. The molecule has 0 aliphatic carbocycles. The third kappa shape index (κ3) is 2.10. The summed E-state index contributed by atoms with van der Waals surface area (Å²) in [6, 6.07) is 0. The second-order valence-corrected chi connectivity index (χ2v) is 5.96. The summed E-state index contributed by atoms with van der Waals surface area (Å²) in [5.41, 5.74) is -0.182. The van der Waals surface area contributed by atoms with Gasteiger partial charge in [0, 0.05) is 18.5 Å². The molecule has 3 heteroatoms. The number of rotatable bonds is 2. The minimum atomic E-state index is -0.182. The van der Waals surface area contributed by atoms with Gasteiger partial charge in [0.25, 0.3) is 0 Å². The van der Waals surface area contributed by atoms with Crippen molar-refractivity contribution >= 4 is 5.91 Å². The van der Waals surface area contributed by atoms with Gasteiger partial charge in [0.15, 0.2) is 0 Å². The first-order valence-corrected chi connectivity index (χ1v) is 6.54. The van der Waals surface area contributed by atoms with Crippen LogP contribution in [0.25, 0.3) is 0 Å². The lowest BCUT2D eigenvalue weighted by Crippen LogP contribution is -2.48. The molecule has 1 amide bonds. The Labute approximate surface area is 98.6 Å². The standard InChI is InChI=1S/C13H24N2O/c1-4-13(2,3)12(16)15-6-5-10-7-14-8-11(10)9-15/h10-11,14H,4-9H2,1-3H3. The number of hydrogen-bond donors (Lipinski definition) is 1. The average molecular weight is 224 g/mol. The average Bonchev–Trinajstić information content (AvgIpc) is 2.74. The largest absolute Gasteiger partial charge is 0.342 e. The minimum Gasteiger partial charge on any atom is -0.342 e. The molecular weight excluding hydrogens is 200 g/mol. The number of hydrogen-bond acceptors (Lipinski definition) is 2. The van der Waals surface area contributed by atoms with Gasteiger partial charge in [-0.25, -0.2) is 0 Å². The van der Waals surface area contributed by atoms with Gasteiger partial charge in [-0.1, -0.05) is 20.8 Å². The highest BCUT2D eigenvalue weighted by molar-refractivity contribution is 5.82. The number of fused-ring (bicyclic) bond motifs is 1. The van der Waals surface area contributed by atoms with Crippen molar-refractivity contribution < 1.29 is 4.79 Å². The smallest absolute Gasteiger partial charge is 0.228 e. The van der Waals surface area contributed by atoms with Crippen LogP contribution in [0.3, 0.4) is 0 Å². The first kappa shape index (κ1) is 11.9. The van der Waals surface area contributed by atoms with E-state index in [1.807, 2.05) is 0 Å². The van der Waals surface area contributed by atoms with E-state index in [9.17, 15) is 4.79 Å². The first-order chi connectivity index (χ1) is 7.54. The van der Waals surface area contributed by atoms with Crippen molar-refractivity contribution in [1.82, 2.24) is 10.2 Å². The minimum absolute atomic E-state index is 0.182. The summed E-state index contributed by atoms with van der Waals surface area (Å²) in [7, 11) is 0. The number of nitrogens with one attached hydrogen (secondary N) is 1. The fourth-order valence-corrected chi connectivity index (χ4v) is 2.80. The van der Waals surface area contributed by atoms with Crippen molar-refractivity contribution in [2.45, 2.75) is 33.6 Å². The number of piperidine rings is 1. The molecule has 0 bridgehead atoms. The van der Waals surface area contributed by atoms with E-state index in [4.69, 9.17) is 0 Å². The molecule has 2 heterocycles. The highest BCUT2D eigenvalue weighted by Crippen LogP contribution is 2.30. The van der Waals surface area contributed by atoms with Crippen LogP contribution in [0.2, 0.25) is 0 Å². The lowest BCUT2D eigenvalue weighted by Gasteiger charge is -2.38. The summed E-state index contributed by atoms with van der Waals surface area (Å²) < 4.78 is 0. The third-order valence-corrected chi connectivity index (χ3v) is 4.45. The van der Waals surface area contributed by atoms with Gasteiger partial charge in [-0.3, -0.25) is 4.79 Å². The Hall–Kier alpha value is -0.570. The Bertz CT molecular complexity index is 275. The van der Waals surface area contributed by atoms with Crippen LogP contribution in [0.5, 0.6) is 0 Å². The second kappa shape index (κ2) is 4.36. The molecule has 0 aromatic heterocycles. The number of carbonyl (C=O) groups excluding carboxylic acids is 1. The summed E-state index contributed by atoms with van der Waals surface area (Å²) in [6.07, 6.45) is 2.11. The van der Waals surface area contributed by atoms with Crippen LogP contribution < -0.4 is 5.32 Å². The number of nitrogens with zero attached hydrogens (tertiary/aromatic N) is 1. The van der Waals surface area contributed by atoms with Crippen LogP contribution in [0.4, 0.5) is 0 Å². The molecule has 2 aliphatic rings. The van der Waals surface area contributed by atoms with Crippen molar-refractivity contribution in [3.63, 3.8) is 0 Å². The van der Waals surface area contributed by atoms with Crippen molar-refractivity contribution in [1.29, 1.82) is 0 Å². The second-order valence-electron chi connectivity index (χ2n) is 5.96. The summed E-state index contributed by atoms with van der Waals surface area (Å²) >= 11 is 0. The van der Waals surface area contributed by atoms with Crippen LogP contribution in [-0.2, 0) is 4.79 Å². The fraction of sp³-hybridized carbons (Fsp3) is 0.923. The van der Waals surface area contributed by atoms with Gasteiger partial charge in [-0.2, -0.15) is 0 Å². The van der Waals surface area contributed by atoms with Gasteiger partial charge in [0.1, 0.15) is 0 Å². The summed E-state index contributed by atoms with van der Waals surface area (Å²) in [4.78, 5) is 14.4. The van der Waals surface area contributed by atoms with Gasteiger partial charge in [-0.05, 0) is 37.8 Å². The van der Waals surface area contributed by atoms with Crippen LogP contribution in [0, 0.1) is 17.3 Å². The zero-order valence-electron chi connectivity index (χ0n) is 10.8. The van der Waals surface area contributed by atoms with E-state index >= 15 is 0 Å². The number of amides is 1. The molecule has 0 saturated carbocycles. The van der Waals surface area contributed by atoms with Crippen molar-refractivity contribution in [2.24, 2.45) is 17.3 Å². The molecule has 2 atom stereocenters. The Kier molecular flexibility index (Phi) is 3.24. The van der Waals surface area contributed by atoms with Gasteiger partial charge in [-0.15, -0.1) is 0 Å². The highest BCUT2D eigenvalue weighted by Gasteiger charge is 2.38. The topological polar surface area (TPSA) is 32.3 Å². The Morgan fingerprint density at radius 2 is 2.06 bits per heavy atom. The molecular formula is C13H24N2O. The highest BCUT2D eigenvalue weighted by atomic mass is 16.2. The molecule has 0 spiro atoms. The Morgan fingerprint density at radius 3 is 2.75 bits per heavy atom. The van der Waals surface area contributed by atoms with Crippen molar-refractivity contribution in [3.05, 3.63) is 0 Å². The van der Waals surface area contributed by atoms with E-state index in [1.54, 1.807) is 0 Å². The molecule has 2 rings (SSSR count). The van der Waals surface area contributed by atoms with E-state index in [-0.39, 0.29) is 5.41 Å². The predicted octanol–water partition coefficient (Wildman–Crippen LogP) is 1.49. The molecule has 2 aliphatic heterocycles. The van der Waals surface area contributed by atoms with Crippen LogP contribution in [0.15, 0.2) is 0 Å². The molecule has 2 saturated heterocycles. The molecule has 1 N–H and O–H groups in total. The van der Waals surface area contributed by atoms with Crippen molar-refractivity contribution in [3.8, 4) is 0 Å². The molecule has 92 valence electrons. The Balaban J connectivity index is 1.98. The van der Waals surface area contributed by atoms with Crippen LogP contribution >= 0.6 is 0 Å². The quantitative estimate of drug-likeness (QED) is 0.771. The lowest BCUT2D eigenvalue weighted by atomic mass is 9.84. The SMILES string of the molecule is CCC(C)(C)C(=O)N1CCC2CNCC2C1. The van der Waals surface area contributed by atoms with E-state index in [0.29, 0.717) is 11.8 Å². The monoisotopic (exact) mass is 224 g/mol. The normalized spacial score (nSPS) is 30.3. The van der Waals surface area contributed by atoms with Gasteiger partial charge < -0.3 is 10.2 Å². The van der Waals surface area contributed by atoms with Crippen LogP contribution in [-0.4, -0.2) is 37.0 Å². The molecule has 0 aromatic carbocycles. The van der Waals surface area contributed by atoms with Gasteiger partial charge >= 0.3 is 0 Å². The van der Waals surface area contributed by atoms with E-state index < -0.39 is 0 Å². The molecule has 0 radical (unpaired) electrons. The maximum atomic E-state index is 12.3. The molecule has 16 heavy (non-hydrogen) atoms. The molecule has 2 unspecified atom stereocenters. The first-order valence-electron chi connectivity index (χ1n) is 6.54. The zero-order chi connectivity index (χ0) is 11.8. The maximum absolute atomic E-state index is 12.3. The fourth-order valence-electron chi connectivity index (χ4n) is 2.80.